The number of nitrogens with one attached hydrogen (secondary N) is 2. The number of nitrogens with zero attached hydrogens (tertiary/aromatic N) is 1. The Labute approximate surface area is 140 Å². The molecule has 0 amide bonds. The first kappa shape index (κ1) is 19.2. The van der Waals surface area contributed by atoms with Gasteiger partial charge in [0.2, 0.25) is 0 Å². The Morgan fingerprint density at radius 1 is 1.00 bits per heavy atom. The summed E-state index contributed by atoms with van der Waals surface area (Å²) in [5.41, 5.74) is 1.44. The lowest BCUT2D eigenvalue weighted by molar-refractivity contribution is 0.655. The average molecular weight is 389 g/mol. The van der Waals surface area contributed by atoms with Crippen molar-refractivity contribution in [2.24, 2.45) is 4.99 Å². The third kappa shape index (κ3) is 9.18. The number of halogens is 1. The number of hydrogen-bond donors (Lipinski definition) is 2. The highest BCUT2D eigenvalue weighted by atomic mass is 127. The molecule has 114 valence electrons. The fraction of sp³-hybridized carbons (Fsp3) is 0.562. The fourth-order valence-corrected chi connectivity index (χ4v) is 1.95. The van der Waals surface area contributed by atoms with Gasteiger partial charge in [0.1, 0.15) is 0 Å². The summed E-state index contributed by atoms with van der Waals surface area (Å²) in [7, 11) is 1.82. The molecule has 4 heteroatoms. The second kappa shape index (κ2) is 13.2. The Hall–Kier alpha value is -0.780. The van der Waals surface area contributed by atoms with E-state index in [1.807, 2.05) is 7.05 Å². The molecule has 2 N–H and O–H groups in total. The summed E-state index contributed by atoms with van der Waals surface area (Å²) in [6, 6.07) is 10.7. The van der Waals surface area contributed by atoms with Gasteiger partial charge in [0.25, 0.3) is 0 Å². The number of guanidine groups is 1. The molecule has 0 aliphatic heterocycles. The molecular formula is C16H28IN3. The van der Waals surface area contributed by atoms with E-state index in [1.54, 1.807) is 0 Å². The van der Waals surface area contributed by atoms with E-state index >= 15 is 0 Å². The highest BCUT2D eigenvalue weighted by molar-refractivity contribution is 14.0. The van der Waals surface area contributed by atoms with Crippen LogP contribution < -0.4 is 10.6 Å². The molecule has 0 saturated carbocycles. The smallest absolute Gasteiger partial charge is 0.190 e. The Kier molecular flexibility index (Phi) is 12.7. The summed E-state index contributed by atoms with van der Waals surface area (Å²) in [5, 5.41) is 6.62. The zero-order chi connectivity index (χ0) is 13.8. The molecule has 3 nitrogen and oxygen atoms in total. The van der Waals surface area contributed by atoms with Crippen LogP contribution in [0.2, 0.25) is 0 Å². The van der Waals surface area contributed by atoms with Crippen LogP contribution in [0.3, 0.4) is 0 Å². The number of rotatable bonds is 8. The van der Waals surface area contributed by atoms with E-state index in [1.165, 1.54) is 31.2 Å². The van der Waals surface area contributed by atoms with Crippen molar-refractivity contribution in [1.29, 1.82) is 0 Å². The molecular weight excluding hydrogens is 361 g/mol. The summed E-state index contributed by atoms with van der Waals surface area (Å²) in [4.78, 5) is 4.19. The lowest BCUT2D eigenvalue weighted by Gasteiger charge is -2.10. The number of unbranched alkanes of at least 4 members (excludes halogenated alkanes) is 2. The van der Waals surface area contributed by atoms with E-state index < -0.39 is 0 Å². The normalized spacial score (nSPS) is 10.8. The molecule has 0 atom stereocenters. The zero-order valence-corrected chi connectivity index (χ0v) is 15.0. The zero-order valence-electron chi connectivity index (χ0n) is 12.7. The monoisotopic (exact) mass is 389 g/mol. The van der Waals surface area contributed by atoms with Crippen LogP contribution >= 0.6 is 24.0 Å². The number of aryl methyl sites for hydroxylation is 1. The topological polar surface area (TPSA) is 36.4 Å². The SMILES string of the molecule is CCCNC(=NC)NCCCCCc1ccccc1.I. The quantitative estimate of drug-likeness (QED) is 0.309. The molecule has 1 aromatic rings. The molecule has 0 aliphatic rings. The maximum absolute atomic E-state index is 4.19. The Bertz CT molecular complexity index is 352. The van der Waals surface area contributed by atoms with Crippen LogP contribution in [0, 0.1) is 0 Å². The molecule has 0 spiro atoms. The van der Waals surface area contributed by atoms with Crippen LogP contribution in [0.5, 0.6) is 0 Å². The summed E-state index contributed by atoms with van der Waals surface area (Å²) in [6.45, 7) is 4.13. The van der Waals surface area contributed by atoms with Crippen molar-refractivity contribution in [3.63, 3.8) is 0 Å². The second-order valence-corrected chi connectivity index (χ2v) is 4.72. The number of hydrogen-bond acceptors (Lipinski definition) is 1. The van der Waals surface area contributed by atoms with Gasteiger partial charge in [-0.2, -0.15) is 0 Å². The predicted octanol–water partition coefficient (Wildman–Crippen LogP) is 3.59. The molecule has 0 fully saturated rings. The third-order valence-corrected chi connectivity index (χ3v) is 3.04. The molecule has 0 aromatic heterocycles. The van der Waals surface area contributed by atoms with Crippen molar-refractivity contribution in [2.75, 3.05) is 20.1 Å². The molecule has 0 aliphatic carbocycles. The minimum Gasteiger partial charge on any atom is -0.356 e. The number of benzene rings is 1. The highest BCUT2D eigenvalue weighted by Crippen LogP contribution is 2.05. The summed E-state index contributed by atoms with van der Waals surface area (Å²) in [5.74, 6) is 0.921. The fourth-order valence-electron chi connectivity index (χ4n) is 1.95. The van der Waals surface area contributed by atoms with Crippen LogP contribution in [-0.4, -0.2) is 26.1 Å². The first-order valence-corrected chi connectivity index (χ1v) is 7.35. The highest BCUT2D eigenvalue weighted by Gasteiger charge is 1.96. The number of aliphatic imine (C=N–C) groups is 1. The average Bonchev–Trinajstić information content (AvgIpc) is 2.47. The van der Waals surface area contributed by atoms with Crippen molar-refractivity contribution in [1.82, 2.24) is 10.6 Å². The van der Waals surface area contributed by atoms with Gasteiger partial charge < -0.3 is 10.6 Å². The molecule has 1 aromatic carbocycles. The Morgan fingerprint density at radius 3 is 2.35 bits per heavy atom. The second-order valence-electron chi connectivity index (χ2n) is 4.72. The van der Waals surface area contributed by atoms with Gasteiger partial charge in [0.15, 0.2) is 5.96 Å². The first-order valence-electron chi connectivity index (χ1n) is 7.35. The maximum Gasteiger partial charge on any atom is 0.190 e. The van der Waals surface area contributed by atoms with Crippen molar-refractivity contribution in [3.05, 3.63) is 35.9 Å². The minimum atomic E-state index is 0. The van der Waals surface area contributed by atoms with Gasteiger partial charge in [-0.25, -0.2) is 0 Å². The molecule has 20 heavy (non-hydrogen) atoms. The van der Waals surface area contributed by atoms with Crippen LogP contribution in [0.4, 0.5) is 0 Å². The van der Waals surface area contributed by atoms with Gasteiger partial charge in [-0.15, -0.1) is 24.0 Å². The predicted molar refractivity (Wildman–Crippen MR) is 99.1 cm³/mol. The Balaban J connectivity index is 0.00000361. The van der Waals surface area contributed by atoms with Crippen LogP contribution in [0.15, 0.2) is 35.3 Å². The van der Waals surface area contributed by atoms with Crippen LogP contribution in [-0.2, 0) is 6.42 Å². The summed E-state index contributed by atoms with van der Waals surface area (Å²) < 4.78 is 0. The minimum absolute atomic E-state index is 0. The van der Waals surface area contributed by atoms with Gasteiger partial charge in [-0.3, -0.25) is 4.99 Å². The molecule has 0 bridgehead atoms. The molecule has 1 rings (SSSR count). The largest absolute Gasteiger partial charge is 0.356 e. The van der Waals surface area contributed by atoms with Gasteiger partial charge in [0, 0.05) is 20.1 Å². The van der Waals surface area contributed by atoms with E-state index in [4.69, 9.17) is 0 Å². The van der Waals surface area contributed by atoms with Gasteiger partial charge in [-0.1, -0.05) is 43.7 Å². The van der Waals surface area contributed by atoms with Gasteiger partial charge >= 0.3 is 0 Å². The first-order chi connectivity index (χ1) is 9.36. The molecule has 0 saturated heterocycles. The lowest BCUT2D eigenvalue weighted by Crippen LogP contribution is -2.38. The molecule has 0 unspecified atom stereocenters. The maximum atomic E-state index is 4.19. The van der Waals surface area contributed by atoms with E-state index in [2.05, 4.69) is 52.9 Å². The van der Waals surface area contributed by atoms with E-state index in [0.717, 1.165) is 25.5 Å². The Morgan fingerprint density at radius 2 is 1.70 bits per heavy atom. The van der Waals surface area contributed by atoms with Crippen LogP contribution in [0.25, 0.3) is 0 Å². The lowest BCUT2D eigenvalue weighted by atomic mass is 10.1. The third-order valence-electron chi connectivity index (χ3n) is 3.04. The van der Waals surface area contributed by atoms with Gasteiger partial charge in [0.05, 0.1) is 0 Å². The van der Waals surface area contributed by atoms with Crippen LogP contribution in [0.1, 0.15) is 38.2 Å². The standard InChI is InChI=1S/C16H27N3.HI/c1-3-13-18-16(17-2)19-14-9-5-8-12-15-10-6-4-7-11-15;/h4,6-7,10-11H,3,5,8-9,12-14H2,1-2H3,(H2,17,18,19);1H. The van der Waals surface area contributed by atoms with Crippen molar-refractivity contribution in [2.45, 2.75) is 39.0 Å². The van der Waals surface area contributed by atoms with Crippen molar-refractivity contribution >= 4 is 29.9 Å². The summed E-state index contributed by atoms with van der Waals surface area (Å²) in [6.07, 6.45) is 6.01. The van der Waals surface area contributed by atoms with E-state index in [-0.39, 0.29) is 24.0 Å². The molecule has 0 radical (unpaired) electrons. The van der Waals surface area contributed by atoms with Crippen molar-refractivity contribution < 1.29 is 0 Å². The van der Waals surface area contributed by atoms with Crippen molar-refractivity contribution in [3.8, 4) is 0 Å². The van der Waals surface area contributed by atoms with E-state index in [0.29, 0.717) is 0 Å². The summed E-state index contributed by atoms with van der Waals surface area (Å²) >= 11 is 0. The van der Waals surface area contributed by atoms with Gasteiger partial charge in [-0.05, 0) is 31.2 Å². The molecule has 0 heterocycles. The van der Waals surface area contributed by atoms with E-state index in [9.17, 15) is 0 Å².